The third-order valence-electron chi connectivity index (χ3n) is 4.52. The molecule has 4 heterocycles. The molecule has 0 aromatic carbocycles. The number of aryl methyl sites for hydroxylation is 1. The second-order valence-corrected chi connectivity index (χ2v) is 10.3. The summed E-state index contributed by atoms with van der Waals surface area (Å²) in [6.07, 6.45) is 2.48. The van der Waals surface area contributed by atoms with Gasteiger partial charge in [-0.2, -0.15) is 15.6 Å². The van der Waals surface area contributed by atoms with Gasteiger partial charge in [-0.1, -0.05) is 6.92 Å². The maximum atomic E-state index is 13.0. The quantitative estimate of drug-likeness (QED) is 0.637. The molecule has 138 valence electrons. The van der Waals surface area contributed by atoms with Gasteiger partial charge in [0.1, 0.15) is 4.21 Å². The van der Waals surface area contributed by atoms with Crippen LogP contribution in [0.25, 0.3) is 11.5 Å². The van der Waals surface area contributed by atoms with Gasteiger partial charge in [0.25, 0.3) is 10.0 Å². The van der Waals surface area contributed by atoms with Crippen LogP contribution in [0.15, 0.2) is 37.6 Å². The van der Waals surface area contributed by atoms with Crippen LogP contribution >= 0.6 is 22.7 Å². The molecule has 4 rings (SSSR count). The largest absolute Gasteiger partial charge is 0.420 e. The van der Waals surface area contributed by atoms with Crippen LogP contribution in [-0.2, 0) is 16.4 Å². The van der Waals surface area contributed by atoms with Gasteiger partial charge in [-0.15, -0.1) is 21.5 Å². The molecule has 1 saturated heterocycles. The molecule has 0 bridgehead atoms. The number of thiophene rings is 2. The Bertz CT molecular complexity index is 976. The summed E-state index contributed by atoms with van der Waals surface area (Å²) in [6, 6.07) is 5.54. The van der Waals surface area contributed by atoms with Crippen LogP contribution in [0.5, 0.6) is 0 Å². The molecule has 1 aliphatic heterocycles. The van der Waals surface area contributed by atoms with E-state index in [0.29, 0.717) is 29.1 Å². The van der Waals surface area contributed by atoms with Crippen molar-refractivity contribution < 1.29 is 12.8 Å². The molecule has 3 aromatic rings. The molecule has 26 heavy (non-hydrogen) atoms. The van der Waals surface area contributed by atoms with Crippen molar-refractivity contribution in [1.29, 1.82) is 0 Å². The van der Waals surface area contributed by atoms with E-state index in [1.165, 1.54) is 11.3 Å². The maximum Gasteiger partial charge on any atom is 0.252 e. The molecule has 6 nitrogen and oxygen atoms in total. The van der Waals surface area contributed by atoms with E-state index in [-0.39, 0.29) is 5.92 Å². The highest BCUT2D eigenvalue weighted by atomic mass is 32.2. The molecular weight excluding hydrogens is 390 g/mol. The summed E-state index contributed by atoms with van der Waals surface area (Å²) in [6.45, 7) is 2.94. The molecule has 0 aliphatic carbocycles. The van der Waals surface area contributed by atoms with E-state index >= 15 is 0 Å². The first-order valence-electron chi connectivity index (χ1n) is 8.52. The fourth-order valence-electron chi connectivity index (χ4n) is 3.08. The van der Waals surface area contributed by atoms with Crippen LogP contribution in [0.1, 0.15) is 36.5 Å². The molecule has 1 unspecified atom stereocenters. The van der Waals surface area contributed by atoms with Gasteiger partial charge in [-0.3, -0.25) is 0 Å². The Kier molecular flexibility index (Phi) is 4.96. The smallest absolute Gasteiger partial charge is 0.252 e. The summed E-state index contributed by atoms with van der Waals surface area (Å²) in [5.41, 5.74) is 0.903. The highest BCUT2D eigenvalue weighted by Crippen LogP contribution is 2.33. The zero-order valence-electron chi connectivity index (χ0n) is 14.3. The van der Waals surface area contributed by atoms with E-state index in [4.69, 9.17) is 4.42 Å². The van der Waals surface area contributed by atoms with Crippen LogP contribution in [-0.4, -0.2) is 36.0 Å². The van der Waals surface area contributed by atoms with Crippen LogP contribution in [0, 0.1) is 0 Å². The minimum absolute atomic E-state index is 0.0657. The fourth-order valence-corrected chi connectivity index (χ4v) is 6.68. The fraction of sp³-hybridized carbons (Fsp3) is 0.412. The van der Waals surface area contributed by atoms with E-state index in [0.717, 1.165) is 29.7 Å². The van der Waals surface area contributed by atoms with Gasteiger partial charge in [0.05, 0.1) is 5.92 Å². The molecule has 1 atom stereocenters. The summed E-state index contributed by atoms with van der Waals surface area (Å²) in [7, 11) is -3.46. The van der Waals surface area contributed by atoms with E-state index in [1.54, 1.807) is 21.7 Å². The van der Waals surface area contributed by atoms with Crippen molar-refractivity contribution >= 4 is 32.7 Å². The zero-order valence-corrected chi connectivity index (χ0v) is 16.7. The second-order valence-electron chi connectivity index (χ2n) is 6.23. The second kappa shape index (κ2) is 7.22. The lowest BCUT2D eigenvalue weighted by Crippen LogP contribution is -2.38. The molecule has 3 aromatic heterocycles. The predicted octanol–water partition coefficient (Wildman–Crippen LogP) is 3.99. The first-order chi connectivity index (χ1) is 12.6. The Hall–Kier alpha value is -1.55. The lowest BCUT2D eigenvalue weighted by atomic mass is 10.00. The molecule has 0 N–H and O–H groups in total. The first kappa shape index (κ1) is 17.8. The summed E-state index contributed by atoms with van der Waals surface area (Å²) in [5.74, 6) is 0.947. The molecule has 0 amide bonds. The standard InChI is InChI=1S/C17H19N3O3S3/c1-2-14-5-6-15(25-14)26(21,22)20-8-3-4-12(10-20)16-18-19-17(23-16)13-7-9-24-11-13/h5-7,9,11-12H,2-4,8,10H2,1H3. The lowest BCUT2D eigenvalue weighted by molar-refractivity contribution is 0.286. The maximum absolute atomic E-state index is 13.0. The minimum Gasteiger partial charge on any atom is -0.420 e. The highest BCUT2D eigenvalue weighted by molar-refractivity contribution is 7.91. The number of aromatic nitrogens is 2. The Balaban J connectivity index is 1.54. The van der Waals surface area contributed by atoms with E-state index < -0.39 is 10.0 Å². The van der Waals surface area contributed by atoms with E-state index in [9.17, 15) is 8.42 Å². The van der Waals surface area contributed by atoms with Gasteiger partial charge in [0.2, 0.25) is 11.8 Å². The predicted molar refractivity (Wildman–Crippen MR) is 102 cm³/mol. The molecule has 9 heteroatoms. The van der Waals surface area contributed by atoms with Gasteiger partial charge in [-0.05, 0) is 42.8 Å². The molecular formula is C17H19N3O3S3. The third-order valence-corrected chi connectivity index (χ3v) is 8.77. The molecule has 1 fully saturated rings. The van der Waals surface area contributed by atoms with Crippen molar-refractivity contribution in [3.63, 3.8) is 0 Å². The average Bonchev–Trinajstić information content (AvgIpc) is 3.42. The molecule has 0 radical (unpaired) electrons. The number of hydrogen-bond acceptors (Lipinski definition) is 7. The van der Waals surface area contributed by atoms with Crippen LogP contribution in [0.4, 0.5) is 0 Å². The van der Waals surface area contributed by atoms with Crippen LogP contribution in [0.3, 0.4) is 0 Å². The third kappa shape index (κ3) is 3.36. The Labute approximate surface area is 160 Å². The van der Waals surface area contributed by atoms with Gasteiger partial charge in [0, 0.05) is 28.9 Å². The van der Waals surface area contributed by atoms with Gasteiger partial charge < -0.3 is 4.42 Å². The SMILES string of the molecule is CCc1ccc(S(=O)(=O)N2CCCC(c3nnc(-c4ccsc4)o3)C2)s1. The van der Waals surface area contributed by atoms with Crippen molar-refractivity contribution in [2.75, 3.05) is 13.1 Å². The number of hydrogen-bond donors (Lipinski definition) is 0. The Morgan fingerprint density at radius 3 is 2.92 bits per heavy atom. The lowest BCUT2D eigenvalue weighted by Gasteiger charge is -2.29. The van der Waals surface area contributed by atoms with Crippen molar-refractivity contribution in [3.05, 3.63) is 39.7 Å². The topological polar surface area (TPSA) is 76.3 Å². The highest BCUT2D eigenvalue weighted by Gasteiger charge is 2.34. The first-order valence-corrected chi connectivity index (χ1v) is 11.7. The molecule has 0 spiro atoms. The average molecular weight is 410 g/mol. The number of sulfonamides is 1. The summed E-state index contributed by atoms with van der Waals surface area (Å²) >= 11 is 2.92. The van der Waals surface area contributed by atoms with E-state index in [2.05, 4.69) is 10.2 Å². The number of nitrogens with zero attached hydrogens (tertiary/aromatic N) is 3. The van der Waals surface area contributed by atoms with Crippen molar-refractivity contribution in [3.8, 4) is 11.5 Å². The summed E-state index contributed by atoms with van der Waals surface area (Å²) < 4.78 is 33.7. The summed E-state index contributed by atoms with van der Waals surface area (Å²) in [5, 5.41) is 12.2. The van der Waals surface area contributed by atoms with Crippen molar-refractivity contribution in [2.24, 2.45) is 0 Å². The van der Waals surface area contributed by atoms with E-state index in [1.807, 2.05) is 29.8 Å². The number of rotatable bonds is 5. The van der Waals surface area contributed by atoms with Gasteiger partial charge in [-0.25, -0.2) is 8.42 Å². The van der Waals surface area contributed by atoms with Gasteiger partial charge >= 0.3 is 0 Å². The minimum atomic E-state index is -3.46. The van der Waals surface area contributed by atoms with Crippen molar-refractivity contribution in [2.45, 2.75) is 36.3 Å². The Morgan fingerprint density at radius 1 is 1.31 bits per heavy atom. The normalized spacial score (nSPS) is 19.0. The van der Waals surface area contributed by atoms with Crippen LogP contribution in [0.2, 0.25) is 0 Å². The number of piperidine rings is 1. The summed E-state index contributed by atoms with van der Waals surface area (Å²) in [4.78, 5) is 1.08. The Morgan fingerprint density at radius 2 is 2.19 bits per heavy atom. The van der Waals surface area contributed by atoms with Crippen LogP contribution < -0.4 is 0 Å². The molecule has 1 aliphatic rings. The monoisotopic (exact) mass is 409 g/mol. The molecule has 0 saturated carbocycles. The van der Waals surface area contributed by atoms with Gasteiger partial charge in [0.15, 0.2) is 0 Å². The zero-order chi connectivity index (χ0) is 18.1. The van der Waals surface area contributed by atoms with Crippen molar-refractivity contribution in [1.82, 2.24) is 14.5 Å².